The maximum absolute atomic E-state index is 12.1. The van der Waals surface area contributed by atoms with Crippen molar-refractivity contribution in [1.82, 2.24) is 15.8 Å². The van der Waals surface area contributed by atoms with Crippen LogP contribution in [-0.2, 0) is 9.53 Å². The lowest BCUT2D eigenvalue weighted by Gasteiger charge is -2.32. The number of nitrogens with zero attached hydrogens (tertiary/aromatic N) is 1. The summed E-state index contributed by atoms with van der Waals surface area (Å²) in [5.41, 5.74) is 4.16. The lowest BCUT2D eigenvalue weighted by atomic mass is 9.96. The van der Waals surface area contributed by atoms with Crippen LogP contribution in [0.5, 0.6) is 0 Å². The van der Waals surface area contributed by atoms with Crippen molar-refractivity contribution in [2.75, 3.05) is 13.1 Å². The molecule has 2 heterocycles. The van der Waals surface area contributed by atoms with Crippen LogP contribution in [0, 0.1) is 5.92 Å². The zero-order valence-corrected chi connectivity index (χ0v) is 14.1. The molecule has 1 aromatic heterocycles. The molecule has 0 bridgehead atoms. The Morgan fingerprint density at radius 1 is 1.21 bits per heavy atom. The van der Waals surface area contributed by atoms with Gasteiger partial charge in [0.15, 0.2) is 5.76 Å². The lowest BCUT2D eigenvalue weighted by molar-refractivity contribution is -0.127. The molecule has 3 amide bonds. The molecule has 132 valence electrons. The molecule has 1 fully saturated rings. The van der Waals surface area contributed by atoms with Crippen molar-refractivity contribution in [1.29, 1.82) is 0 Å². The minimum absolute atomic E-state index is 0.120. The Bertz CT molecular complexity index is 583. The molecule has 0 unspecified atom stereocenters. The molecule has 1 aromatic rings. The number of carbonyl (C=O) groups excluding carboxylic acids is 3. The second kappa shape index (κ2) is 7.37. The molecule has 0 radical (unpaired) electrons. The number of hydrogen-bond acceptors (Lipinski definition) is 5. The summed E-state index contributed by atoms with van der Waals surface area (Å²) in [6.45, 7) is 6.32. The van der Waals surface area contributed by atoms with Crippen molar-refractivity contribution in [3.05, 3.63) is 24.2 Å². The highest BCUT2D eigenvalue weighted by Gasteiger charge is 2.30. The first-order valence-electron chi connectivity index (χ1n) is 7.88. The van der Waals surface area contributed by atoms with E-state index in [1.165, 1.54) is 12.3 Å². The number of furan rings is 1. The van der Waals surface area contributed by atoms with Crippen LogP contribution in [0.15, 0.2) is 22.8 Å². The van der Waals surface area contributed by atoms with E-state index in [1.807, 2.05) is 20.8 Å². The van der Waals surface area contributed by atoms with Gasteiger partial charge in [0.25, 0.3) is 0 Å². The van der Waals surface area contributed by atoms with Gasteiger partial charge in [-0.15, -0.1) is 0 Å². The number of hydrazine groups is 1. The predicted octanol–water partition coefficient (Wildman–Crippen LogP) is 1.69. The van der Waals surface area contributed by atoms with E-state index in [-0.39, 0.29) is 23.7 Å². The first kappa shape index (κ1) is 17.8. The fourth-order valence-electron chi connectivity index (χ4n) is 2.34. The maximum atomic E-state index is 12.1. The topological polar surface area (TPSA) is 101 Å². The fourth-order valence-corrected chi connectivity index (χ4v) is 2.34. The fraction of sp³-hybridized carbons (Fsp3) is 0.562. The largest absolute Gasteiger partial charge is 0.459 e. The number of carbonyl (C=O) groups is 3. The Hall–Kier alpha value is -2.51. The van der Waals surface area contributed by atoms with E-state index in [1.54, 1.807) is 11.0 Å². The average molecular weight is 337 g/mol. The molecule has 0 aromatic carbocycles. The van der Waals surface area contributed by atoms with Crippen LogP contribution < -0.4 is 10.9 Å². The Balaban J connectivity index is 1.74. The van der Waals surface area contributed by atoms with Crippen LogP contribution in [-0.4, -0.2) is 41.5 Å². The second-order valence-electron chi connectivity index (χ2n) is 6.66. The summed E-state index contributed by atoms with van der Waals surface area (Å²) >= 11 is 0. The molecule has 2 rings (SSSR count). The van der Waals surface area contributed by atoms with Gasteiger partial charge in [0.05, 0.1) is 6.26 Å². The highest BCUT2D eigenvalue weighted by atomic mass is 16.6. The molecular weight excluding hydrogens is 314 g/mol. The number of ether oxygens (including phenoxy) is 1. The van der Waals surface area contributed by atoms with E-state index >= 15 is 0 Å². The van der Waals surface area contributed by atoms with Gasteiger partial charge in [-0.1, -0.05) is 0 Å². The van der Waals surface area contributed by atoms with Gasteiger partial charge in [-0.05, 0) is 45.7 Å². The summed E-state index contributed by atoms with van der Waals surface area (Å²) in [6, 6.07) is 3.09. The summed E-state index contributed by atoms with van der Waals surface area (Å²) in [5.74, 6) is -0.936. The Morgan fingerprint density at radius 2 is 1.88 bits per heavy atom. The molecule has 0 aliphatic carbocycles. The van der Waals surface area contributed by atoms with E-state index in [9.17, 15) is 14.4 Å². The van der Waals surface area contributed by atoms with Crippen molar-refractivity contribution in [3.63, 3.8) is 0 Å². The highest BCUT2D eigenvalue weighted by molar-refractivity contribution is 5.93. The SMILES string of the molecule is CC(C)(C)OC(=O)N1CCC(C(=O)NNC(=O)c2ccco2)CC1. The van der Waals surface area contributed by atoms with Gasteiger partial charge in [-0.3, -0.25) is 20.4 Å². The minimum atomic E-state index is -0.540. The second-order valence-corrected chi connectivity index (χ2v) is 6.66. The standard InChI is InChI=1S/C16H23N3O5/c1-16(2,3)24-15(22)19-8-6-11(7-9-19)13(20)17-18-14(21)12-5-4-10-23-12/h4-5,10-11H,6-9H2,1-3H3,(H,17,20)(H,18,21). The number of hydrogen-bond donors (Lipinski definition) is 2. The third kappa shape index (κ3) is 5.00. The monoisotopic (exact) mass is 337 g/mol. The molecule has 1 saturated heterocycles. The lowest BCUT2D eigenvalue weighted by Crippen LogP contribution is -2.48. The normalized spacial score (nSPS) is 15.7. The van der Waals surface area contributed by atoms with Crippen LogP contribution in [0.1, 0.15) is 44.2 Å². The predicted molar refractivity (Wildman–Crippen MR) is 84.8 cm³/mol. The van der Waals surface area contributed by atoms with Gasteiger partial charge in [0.2, 0.25) is 5.91 Å². The Labute approximate surface area is 140 Å². The number of nitrogens with one attached hydrogen (secondary N) is 2. The van der Waals surface area contributed by atoms with Crippen LogP contribution >= 0.6 is 0 Å². The first-order chi connectivity index (χ1) is 11.3. The van der Waals surface area contributed by atoms with E-state index in [2.05, 4.69) is 10.9 Å². The highest BCUT2D eigenvalue weighted by Crippen LogP contribution is 2.19. The van der Waals surface area contributed by atoms with Crippen LogP contribution in [0.4, 0.5) is 4.79 Å². The van der Waals surface area contributed by atoms with Gasteiger partial charge >= 0.3 is 12.0 Å². The molecule has 0 spiro atoms. The van der Waals surface area contributed by atoms with Crippen LogP contribution in [0.25, 0.3) is 0 Å². The van der Waals surface area contributed by atoms with E-state index in [4.69, 9.17) is 9.15 Å². The number of rotatable bonds is 2. The third-order valence-electron chi connectivity index (χ3n) is 3.56. The van der Waals surface area contributed by atoms with Crippen molar-refractivity contribution in [2.24, 2.45) is 5.92 Å². The molecule has 1 aliphatic rings. The number of piperidine rings is 1. The van der Waals surface area contributed by atoms with E-state index < -0.39 is 11.5 Å². The van der Waals surface area contributed by atoms with Gasteiger partial charge in [-0.25, -0.2) is 4.79 Å². The minimum Gasteiger partial charge on any atom is -0.459 e. The summed E-state index contributed by atoms with van der Waals surface area (Å²) in [5, 5.41) is 0. The summed E-state index contributed by atoms with van der Waals surface area (Å²) in [4.78, 5) is 37.3. The average Bonchev–Trinajstić information content (AvgIpc) is 3.05. The van der Waals surface area contributed by atoms with Crippen molar-refractivity contribution in [3.8, 4) is 0 Å². The molecular formula is C16H23N3O5. The maximum Gasteiger partial charge on any atom is 0.410 e. The zero-order valence-electron chi connectivity index (χ0n) is 14.1. The quantitative estimate of drug-likeness (QED) is 0.800. The molecule has 8 nitrogen and oxygen atoms in total. The molecule has 0 saturated carbocycles. The van der Waals surface area contributed by atoms with Gasteiger partial charge in [-0.2, -0.15) is 0 Å². The summed E-state index contributed by atoms with van der Waals surface area (Å²) in [6.07, 6.45) is 2.04. The van der Waals surface area contributed by atoms with Gasteiger partial charge in [0, 0.05) is 19.0 Å². The smallest absolute Gasteiger partial charge is 0.410 e. The van der Waals surface area contributed by atoms with Crippen molar-refractivity contribution < 1.29 is 23.5 Å². The van der Waals surface area contributed by atoms with Crippen LogP contribution in [0.2, 0.25) is 0 Å². The number of likely N-dealkylation sites (tertiary alicyclic amines) is 1. The Kier molecular flexibility index (Phi) is 5.48. The zero-order chi connectivity index (χ0) is 17.7. The van der Waals surface area contributed by atoms with Gasteiger partial charge < -0.3 is 14.1 Å². The van der Waals surface area contributed by atoms with Gasteiger partial charge in [0.1, 0.15) is 5.60 Å². The molecule has 0 atom stereocenters. The van der Waals surface area contributed by atoms with Crippen molar-refractivity contribution in [2.45, 2.75) is 39.2 Å². The molecule has 24 heavy (non-hydrogen) atoms. The number of amides is 3. The van der Waals surface area contributed by atoms with E-state index in [0.29, 0.717) is 25.9 Å². The third-order valence-corrected chi connectivity index (χ3v) is 3.56. The Morgan fingerprint density at radius 3 is 2.42 bits per heavy atom. The molecule has 2 N–H and O–H groups in total. The van der Waals surface area contributed by atoms with Crippen LogP contribution in [0.3, 0.4) is 0 Å². The first-order valence-corrected chi connectivity index (χ1v) is 7.88. The molecule has 1 aliphatic heterocycles. The van der Waals surface area contributed by atoms with E-state index in [0.717, 1.165) is 0 Å². The van der Waals surface area contributed by atoms with Crippen molar-refractivity contribution >= 4 is 17.9 Å². The summed E-state index contributed by atoms with van der Waals surface area (Å²) in [7, 11) is 0. The molecule has 8 heteroatoms. The summed E-state index contributed by atoms with van der Waals surface area (Å²) < 4.78 is 10.2.